The molecule has 0 radical (unpaired) electrons. The van der Waals surface area contributed by atoms with Crippen molar-refractivity contribution in [3.05, 3.63) is 47.5 Å². The monoisotopic (exact) mass is 408 g/mol. The fourth-order valence-corrected chi connectivity index (χ4v) is 4.16. The Labute approximate surface area is 176 Å². The van der Waals surface area contributed by atoms with Crippen molar-refractivity contribution in [2.24, 2.45) is 5.92 Å². The van der Waals surface area contributed by atoms with Crippen LogP contribution in [0.3, 0.4) is 0 Å². The maximum Gasteiger partial charge on any atom is 0.231 e. The second-order valence-corrected chi connectivity index (χ2v) is 7.80. The van der Waals surface area contributed by atoms with Crippen molar-refractivity contribution in [1.29, 1.82) is 0 Å². The van der Waals surface area contributed by atoms with Crippen molar-refractivity contribution >= 4 is 22.8 Å². The fraction of sp³-hybridized carbons (Fsp3) is 0.435. The van der Waals surface area contributed by atoms with Gasteiger partial charge in [0.25, 0.3) is 0 Å². The van der Waals surface area contributed by atoms with Crippen molar-refractivity contribution in [2.45, 2.75) is 33.1 Å². The van der Waals surface area contributed by atoms with Crippen LogP contribution in [0.4, 0.5) is 5.82 Å². The number of anilines is 1. The molecular weight excluding hydrogens is 380 g/mol. The molecule has 1 N–H and O–H groups in total. The lowest BCUT2D eigenvalue weighted by molar-refractivity contribution is -0.125. The molecule has 1 fully saturated rings. The summed E-state index contributed by atoms with van der Waals surface area (Å²) in [6.45, 7) is 6.08. The van der Waals surface area contributed by atoms with Gasteiger partial charge < -0.3 is 19.4 Å². The first-order valence-corrected chi connectivity index (χ1v) is 10.4. The number of piperidine rings is 1. The van der Waals surface area contributed by atoms with Crippen molar-refractivity contribution in [3.63, 3.8) is 0 Å². The minimum Gasteiger partial charge on any atom is -0.496 e. The average molecular weight is 409 g/mol. The maximum atomic E-state index is 12.8. The molecule has 0 unspecified atom stereocenters. The van der Waals surface area contributed by atoms with Crippen LogP contribution in [-0.2, 0) is 11.2 Å². The van der Waals surface area contributed by atoms with E-state index in [4.69, 9.17) is 9.15 Å². The standard InChI is InChI=1S/C23H28N4O3/c1-15-16(2)30-23-20(15)21(25-14-26-23)27-12-6-8-18(13-27)22(28)24-11-10-17-7-4-5-9-19(17)29-3/h4-5,7,9,14,18H,6,8,10-13H2,1-3H3,(H,24,28)/t18-/m0/s1. The summed E-state index contributed by atoms with van der Waals surface area (Å²) in [6.07, 6.45) is 4.11. The molecule has 1 atom stereocenters. The SMILES string of the molecule is COc1ccccc1CCNC(=O)[C@H]1CCCN(c2ncnc3oc(C)c(C)c23)C1. The van der Waals surface area contributed by atoms with E-state index in [1.807, 2.05) is 38.1 Å². The predicted molar refractivity (Wildman–Crippen MR) is 116 cm³/mol. The Morgan fingerprint density at radius 2 is 2.13 bits per heavy atom. The second-order valence-electron chi connectivity index (χ2n) is 7.80. The molecular formula is C23H28N4O3. The van der Waals surface area contributed by atoms with Gasteiger partial charge in [0.15, 0.2) is 0 Å². The number of furan rings is 1. The number of nitrogens with one attached hydrogen (secondary N) is 1. The Hall–Kier alpha value is -3.09. The van der Waals surface area contributed by atoms with E-state index in [2.05, 4.69) is 20.2 Å². The molecule has 3 heterocycles. The Morgan fingerprint density at radius 1 is 1.30 bits per heavy atom. The van der Waals surface area contributed by atoms with Crippen LogP contribution in [-0.4, -0.2) is 42.6 Å². The summed E-state index contributed by atoms with van der Waals surface area (Å²) >= 11 is 0. The van der Waals surface area contributed by atoms with Gasteiger partial charge in [0.05, 0.1) is 18.4 Å². The lowest BCUT2D eigenvalue weighted by Crippen LogP contribution is -2.43. The molecule has 2 aromatic heterocycles. The van der Waals surface area contributed by atoms with Gasteiger partial charge in [0, 0.05) is 25.2 Å². The average Bonchev–Trinajstić information content (AvgIpc) is 3.07. The van der Waals surface area contributed by atoms with E-state index < -0.39 is 0 Å². The molecule has 0 bridgehead atoms. The number of carbonyl (C=O) groups is 1. The van der Waals surface area contributed by atoms with Gasteiger partial charge in [-0.25, -0.2) is 9.97 Å². The highest BCUT2D eigenvalue weighted by Gasteiger charge is 2.28. The first-order chi connectivity index (χ1) is 14.6. The van der Waals surface area contributed by atoms with Crippen molar-refractivity contribution < 1.29 is 13.9 Å². The van der Waals surface area contributed by atoms with Gasteiger partial charge in [-0.2, -0.15) is 0 Å². The van der Waals surface area contributed by atoms with Gasteiger partial charge in [0.2, 0.25) is 11.6 Å². The summed E-state index contributed by atoms with van der Waals surface area (Å²) in [5.74, 6) is 2.61. The zero-order chi connectivity index (χ0) is 21.1. The van der Waals surface area contributed by atoms with Crippen LogP contribution < -0.4 is 15.0 Å². The van der Waals surface area contributed by atoms with Crippen molar-refractivity contribution in [3.8, 4) is 5.75 Å². The summed E-state index contributed by atoms with van der Waals surface area (Å²) in [5.41, 5.74) is 2.77. The quantitative estimate of drug-likeness (QED) is 0.673. The summed E-state index contributed by atoms with van der Waals surface area (Å²) in [5, 5.41) is 4.06. The Morgan fingerprint density at radius 3 is 2.97 bits per heavy atom. The number of amides is 1. The highest BCUT2D eigenvalue weighted by Crippen LogP contribution is 2.32. The van der Waals surface area contributed by atoms with Crippen LogP contribution in [0.5, 0.6) is 5.75 Å². The minimum atomic E-state index is -0.0604. The lowest BCUT2D eigenvalue weighted by Gasteiger charge is -2.33. The van der Waals surface area contributed by atoms with E-state index in [1.165, 1.54) is 6.33 Å². The number of methoxy groups -OCH3 is 1. The van der Waals surface area contributed by atoms with E-state index in [9.17, 15) is 4.79 Å². The van der Waals surface area contributed by atoms with Crippen LogP contribution in [0.15, 0.2) is 35.0 Å². The van der Waals surface area contributed by atoms with Crippen LogP contribution in [0.25, 0.3) is 11.1 Å². The number of benzene rings is 1. The highest BCUT2D eigenvalue weighted by molar-refractivity contribution is 5.90. The van der Waals surface area contributed by atoms with Gasteiger partial charge in [-0.1, -0.05) is 18.2 Å². The van der Waals surface area contributed by atoms with Gasteiger partial charge >= 0.3 is 0 Å². The number of ether oxygens (including phenoxy) is 1. The normalized spacial score (nSPS) is 16.6. The Balaban J connectivity index is 1.41. The molecule has 7 nitrogen and oxygen atoms in total. The molecule has 0 aliphatic carbocycles. The first kappa shape index (κ1) is 20.2. The summed E-state index contributed by atoms with van der Waals surface area (Å²) in [6, 6.07) is 7.91. The predicted octanol–water partition coefficient (Wildman–Crippen LogP) is 3.42. The van der Waals surface area contributed by atoms with Crippen molar-refractivity contribution in [1.82, 2.24) is 15.3 Å². The number of nitrogens with zero attached hydrogens (tertiary/aromatic N) is 3. The number of aromatic nitrogens is 2. The molecule has 0 saturated carbocycles. The molecule has 1 amide bonds. The lowest BCUT2D eigenvalue weighted by atomic mass is 9.96. The number of hydrogen-bond acceptors (Lipinski definition) is 6. The molecule has 3 aromatic rings. The minimum absolute atomic E-state index is 0.0604. The third kappa shape index (κ3) is 3.97. The Bertz CT molecular complexity index is 1050. The topological polar surface area (TPSA) is 80.5 Å². The Kier molecular flexibility index (Phi) is 5.88. The molecule has 7 heteroatoms. The van der Waals surface area contributed by atoms with E-state index in [0.29, 0.717) is 18.8 Å². The van der Waals surface area contributed by atoms with Gasteiger partial charge in [-0.15, -0.1) is 0 Å². The molecule has 158 valence electrons. The molecule has 1 aliphatic heterocycles. The van der Waals surface area contributed by atoms with Gasteiger partial charge in [0.1, 0.15) is 23.7 Å². The summed E-state index contributed by atoms with van der Waals surface area (Å²) < 4.78 is 11.1. The van der Waals surface area contributed by atoms with Gasteiger partial charge in [-0.3, -0.25) is 4.79 Å². The number of hydrogen-bond donors (Lipinski definition) is 1. The number of rotatable bonds is 6. The third-order valence-electron chi connectivity index (χ3n) is 5.92. The summed E-state index contributed by atoms with van der Waals surface area (Å²) in [4.78, 5) is 23.8. The van der Waals surface area contributed by atoms with Crippen molar-refractivity contribution in [2.75, 3.05) is 31.6 Å². The number of fused-ring (bicyclic) bond motifs is 1. The zero-order valence-corrected chi connectivity index (χ0v) is 17.8. The number of aryl methyl sites for hydroxylation is 2. The zero-order valence-electron chi connectivity index (χ0n) is 17.8. The van der Waals surface area contributed by atoms with Gasteiger partial charge in [-0.05, 0) is 44.7 Å². The second kappa shape index (κ2) is 8.73. The molecule has 0 spiro atoms. The third-order valence-corrected chi connectivity index (χ3v) is 5.92. The van der Waals surface area contributed by atoms with Crippen LogP contribution >= 0.6 is 0 Å². The van der Waals surface area contributed by atoms with Crippen LogP contribution in [0.2, 0.25) is 0 Å². The smallest absolute Gasteiger partial charge is 0.231 e. The van der Waals surface area contributed by atoms with Crippen LogP contribution in [0, 0.1) is 19.8 Å². The number of carbonyl (C=O) groups excluding carboxylic acids is 1. The fourth-order valence-electron chi connectivity index (χ4n) is 4.16. The number of para-hydroxylation sites is 1. The molecule has 4 rings (SSSR count). The van der Waals surface area contributed by atoms with Crippen LogP contribution in [0.1, 0.15) is 29.7 Å². The maximum absolute atomic E-state index is 12.8. The van der Waals surface area contributed by atoms with E-state index >= 15 is 0 Å². The largest absolute Gasteiger partial charge is 0.496 e. The van der Waals surface area contributed by atoms with E-state index in [1.54, 1.807) is 7.11 Å². The highest BCUT2D eigenvalue weighted by atomic mass is 16.5. The molecule has 1 saturated heterocycles. The molecule has 1 aromatic carbocycles. The summed E-state index contributed by atoms with van der Waals surface area (Å²) in [7, 11) is 1.67. The van der Waals surface area contributed by atoms with E-state index in [0.717, 1.165) is 59.6 Å². The molecule has 30 heavy (non-hydrogen) atoms. The first-order valence-electron chi connectivity index (χ1n) is 10.4. The molecule has 1 aliphatic rings. The van der Waals surface area contributed by atoms with E-state index in [-0.39, 0.29) is 11.8 Å².